The van der Waals surface area contributed by atoms with Crippen molar-refractivity contribution in [3.8, 4) is 0 Å². The summed E-state index contributed by atoms with van der Waals surface area (Å²) in [6, 6.07) is 0. The number of esters is 1. The zero-order valence-electron chi connectivity index (χ0n) is 8.34. The smallest absolute Gasteiger partial charge is 0.303 e. The van der Waals surface area contributed by atoms with Crippen LogP contribution in [-0.2, 0) is 9.53 Å². The molecule has 2 saturated carbocycles. The van der Waals surface area contributed by atoms with Crippen LogP contribution in [0.15, 0.2) is 0 Å². The molecule has 2 heteroatoms. The van der Waals surface area contributed by atoms with Crippen molar-refractivity contribution < 1.29 is 9.53 Å². The molecule has 2 rings (SSSR count). The second-order valence-corrected chi connectivity index (χ2v) is 4.49. The van der Waals surface area contributed by atoms with Crippen molar-refractivity contribution in [3.63, 3.8) is 0 Å². The minimum Gasteiger partial charge on any atom is -0.459 e. The Kier molecular flexibility index (Phi) is 2.31. The van der Waals surface area contributed by atoms with Gasteiger partial charge in [-0.3, -0.25) is 4.79 Å². The molecular weight excluding hydrogens is 164 g/mol. The Morgan fingerprint density at radius 2 is 1.85 bits per heavy atom. The van der Waals surface area contributed by atoms with E-state index < -0.39 is 0 Å². The van der Waals surface area contributed by atoms with Crippen molar-refractivity contribution in [2.75, 3.05) is 0 Å². The Morgan fingerprint density at radius 3 is 2.31 bits per heavy atom. The molecule has 0 radical (unpaired) electrons. The Bertz CT molecular complexity index is 200. The molecule has 0 heterocycles. The maximum absolute atomic E-state index is 10.9. The predicted molar refractivity (Wildman–Crippen MR) is 50.3 cm³/mol. The number of carbonyl (C=O) groups excluding carboxylic acids is 1. The maximum Gasteiger partial charge on any atom is 0.303 e. The average molecular weight is 182 g/mol. The Balaban J connectivity index is 1.93. The van der Waals surface area contributed by atoms with Gasteiger partial charge in [-0.1, -0.05) is 19.3 Å². The van der Waals surface area contributed by atoms with Gasteiger partial charge in [-0.2, -0.15) is 0 Å². The number of carbonyl (C=O) groups is 1. The van der Waals surface area contributed by atoms with Crippen molar-refractivity contribution in [2.45, 2.75) is 57.5 Å². The number of hydrogen-bond acceptors (Lipinski definition) is 2. The SMILES string of the molecule is CC(=O)OC1(C2CCCCC2)CC1. The molecule has 0 N–H and O–H groups in total. The quantitative estimate of drug-likeness (QED) is 0.614. The maximum atomic E-state index is 10.9. The van der Waals surface area contributed by atoms with Crippen LogP contribution in [0, 0.1) is 5.92 Å². The molecule has 0 atom stereocenters. The Hall–Kier alpha value is -0.530. The van der Waals surface area contributed by atoms with E-state index in [0.29, 0.717) is 5.92 Å². The van der Waals surface area contributed by atoms with Crippen LogP contribution < -0.4 is 0 Å². The molecule has 2 aliphatic rings. The van der Waals surface area contributed by atoms with Gasteiger partial charge >= 0.3 is 5.97 Å². The number of rotatable bonds is 2. The van der Waals surface area contributed by atoms with Gasteiger partial charge in [0.2, 0.25) is 0 Å². The van der Waals surface area contributed by atoms with Crippen molar-refractivity contribution in [3.05, 3.63) is 0 Å². The van der Waals surface area contributed by atoms with E-state index in [2.05, 4.69) is 0 Å². The van der Waals surface area contributed by atoms with Crippen molar-refractivity contribution in [2.24, 2.45) is 5.92 Å². The normalized spacial score (nSPS) is 26.8. The third-order valence-corrected chi connectivity index (χ3v) is 3.44. The van der Waals surface area contributed by atoms with Gasteiger partial charge in [0.15, 0.2) is 0 Å². The molecule has 0 unspecified atom stereocenters. The van der Waals surface area contributed by atoms with Crippen molar-refractivity contribution in [1.82, 2.24) is 0 Å². The van der Waals surface area contributed by atoms with Crippen LogP contribution in [-0.4, -0.2) is 11.6 Å². The molecule has 0 amide bonds. The van der Waals surface area contributed by atoms with Crippen molar-refractivity contribution >= 4 is 5.97 Å². The third kappa shape index (κ3) is 1.87. The topological polar surface area (TPSA) is 26.3 Å². The molecule has 74 valence electrons. The van der Waals surface area contributed by atoms with Crippen molar-refractivity contribution in [1.29, 1.82) is 0 Å². The van der Waals surface area contributed by atoms with E-state index in [4.69, 9.17) is 4.74 Å². The van der Waals surface area contributed by atoms with Crippen LogP contribution in [0.3, 0.4) is 0 Å². The lowest BCUT2D eigenvalue weighted by Gasteiger charge is -2.29. The average Bonchev–Trinajstić information content (AvgIpc) is 2.86. The van der Waals surface area contributed by atoms with Crippen LogP contribution in [0.5, 0.6) is 0 Å². The molecule has 0 aromatic rings. The first-order chi connectivity index (χ1) is 6.23. The van der Waals surface area contributed by atoms with E-state index in [9.17, 15) is 4.79 Å². The van der Waals surface area contributed by atoms with Gasteiger partial charge in [-0.25, -0.2) is 0 Å². The fourth-order valence-corrected chi connectivity index (χ4v) is 2.63. The lowest BCUT2D eigenvalue weighted by molar-refractivity contribution is -0.152. The highest BCUT2D eigenvalue weighted by Crippen LogP contribution is 2.51. The summed E-state index contributed by atoms with van der Waals surface area (Å²) in [5, 5.41) is 0. The van der Waals surface area contributed by atoms with Crippen LogP contribution in [0.4, 0.5) is 0 Å². The van der Waals surface area contributed by atoms with E-state index in [0.717, 1.165) is 12.8 Å². The Labute approximate surface area is 79.7 Å². The summed E-state index contributed by atoms with van der Waals surface area (Å²) in [5.41, 5.74) is -0.00769. The fourth-order valence-electron chi connectivity index (χ4n) is 2.63. The highest BCUT2D eigenvalue weighted by molar-refractivity contribution is 5.67. The minimum atomic E-state index is -0.0944. The Morgan fingerprint density at radius 1 is 1.23 bits per heavy atom. The molecule has 0 aliphatic heterocycles. The molecule has 2 fully saturated rings. The van der Waals surface area contributed by atoms with Gasteiger partial charge < -0.3 is 4.74 Å². The van der Waals surface area contributed by atoms with E-state index in [1.807, 2.05) is 0 Å². The van der Waals surface area contributed by atoms with E-state index in [-0.39, 0.29) is 11.6 Å². The van der Waals surface area contributed by atoms with Crippen LogP contribution >= 0.6 is 0 Å². The number of ether oxygens (including phenoxy) is 1. The molecule has 0 spiro atoms. The first-order valence-corrected chi connectivity index (χ1v) is 5.42. The summed E-state index contributed by atoms with van der Waals surface area (Å²) in [4.78, 5) is 10.9. The molecule has 2 nitrogen and oxygen atoms in total. The molecule has 0 bridgehead atoms. The molecule has 0 saturated heterocycles. The second kappa shape index (κ2) is 3.32. The summed E-state index contributed by atoms with van der Waals surface area (Å²) in [5.74, 6) is 0.577. The highest BCUT2D eigenvalue weighted by Gasteiger charge is 2.52. The third-order valence-electron chi connectivity index (χ3n) is 3.44. The molecule has 0 aromatic carbocycles. The first kappa shape index (κ1) is 9.04. The first-order valence-electron chi connectivity index (χ1n) is 5.42. The van der Waals surface area contributed by atoms with Gasteiger partial charge in [0.05, 0.1) is 0 Å². The van der Waals surface area contributed by atoms with Gasteiger partial charge in [0, 0.05) is 6.92 Å². The largest absolute Gasteiger partial charge is 0.459 e. The highest BCUT2D eigenvalue weighted by atomic mass is 16.6. The summed E-state index contributed by atoms with van der Waals surface area (Å²) in [7, 11) is 0. The summed E-state index contributed by atoms with van der Waals surface area (Å²) >= 11 is 0. The van der Waals surface area contributed by atoms with Gasteiger partial charge in [-0.15, -0.1) is 0 Å². The molecular formula is C11H18O2. The summed E-state index contributed by atoms with van der Waals surface area (Å²) in [6.45, 7) is 1.53. The minimum absolute atomic E-state index is 0.00769. The van der Waals surface area contributed by atoms with Gasteiger partial charge in [-0.05, 0) is 31.6 Å². The molecule has 13 heavy (non-hydrogen) atoms. The summed E-state index contributed by atoms with van der Waals surface area (Å²) < 4.78 is 5.45. The fraction of sp³-hybridized carbons (Fsp3) is 0.909. The standard InChI is InChI=1S/C11H18O2/c1-9(12)13-11(7-8-11)10-5-3-2-4-6-10/h10H,2-8H2,1H3. The second-order valence-electron chi connectivity index (χ2n) is 4.49. The summed E-state index contributed by atoms with van der Waals surface area (Å²) in [6.07, 6.45) is 8.78. The monoisotopic (exact) mass is 182 g/mol. The van der Waals surface area contributed by atoms with Gasteiger partial charge in [0.1, 0.15) is 5.60 Å². The molecule has 0 aromatic heterocycles. The lowest BCUT2D eigenvalue weighted by Crippen LogP contribution is -2.29. The van der Waals surface area contributed by atoms with Gasteiger partial charge in [0.25, 0.3) is 0 Å². The lowest BCUT2D eigenvalue weighted by atomic mass is 9.83. The zero-order chi connectivity index (χ0) is 9.31. The van der Waals surface area contributed by atoms with E-state index >= 15 is 0 Å². The number of hydrogen-bond donors (Lipinski definition) is 0. The van der Waals surface area contributed by atoms with Crippen LogP contribution in [0.1, 0.15) is 51.9 Å². The molecule has 2 aliphatic carbocycles. The zero-order valence-corrected chi connectivity index (χ0v) is 8.34. The van der Waals surface area contributed by atoms with E-state index in [1.165, 1.54) is 39.0 Å². The predicted octanol–water partition coefficient (Wildman–Crippen LogP) is 2.66. The van der Waals surface area contributed by atoms with Crippen LogP contribution in [0.2, 0.25) is 0 Å². The van der Waals surface area contributed by atoms with E-state index in [1.54, 1.807) is 0 Å². The van der Waals surface area contributed by atoms with Crippen LogP contribution in [0.25, 0.3) is 0 Å².